The summed E-state index contributed by atoms with van der Waals surface area (Å²) >= 11 is 0. The number of hydrogen-bond acceptors (Lipinski definition) is 8. The van der Waals surface area contributed by atoms with Crippen molar-refractivity contribution in [2.45, 2.75) is 26.3 Å². The lowest BCUT2D eigenvalue weighted by Crippen LogP contribution is -2.34. The maximum Gasteiger partial charge on any atom is 0.337 e. The van der Waals surface area contributed by atoms with Crippen molar-refractivity contribution in [3.63, 3.8) is 0 Å². The van der Waals surface area contributed by atoms with Gasteiger partial charge in [-0.25, -0.2) is 9.59 Å². The van der Waals surface area contributed by atoms with Crippen LogP contribution in [0, 0.1) is 22.7 Å². The molecule has 0 saturated heterocycles. The number of likely N-dealkylation sites (N-methyl/N-ethyl adjacent to an activating group) is 1. The van der Waals surface area contributed by atoms with Gasteiger partial charge in [0, 0.05) is 18.8 Å². The van der Waals surface area contributed by atoms with Gasteiger partial charge in [0.2, 0.25) is 0 Å². The predicted molar refractivity (Wildman–Crippen MR) is 133 cm³/mol. The van der Waals surface area contributed by atoms with Crippen molar-refractivity contribution in [1.82, 2.24) is 10.2 Å². The van der Waals surface area contributed by atoms with Crippen molar-refractivity contribution in [3.8, 4) is 12.1 Å². The average Bonchev–Trinajstić information content (AvgIpc) is 2.88. The highest BCUT2D eigenvalue weighted by atomic mass is 16.5. The highest BCUT2D eigenvalue weighted by Gasteiger charge is 2.40. The van der Waals surface area contributed by atoms with Crippen LogP contribution >= 0.6 is 0 Å². The number of hydrogen-bond donors (Lipinski definition) is 1. The number of carbonyl (C=O) groups excluding carboxylic acids is 2. The van der Waals surface area contributed by atoms with Gasteiger partial charge in [-0.2, -0.15) is 10.5 Å². The SMILES string of the molecule is CCOC(=O)C1=C(C#N)NC(C)=C(C(=O)OCCN(C)Cc2ccccc2)C1c1ccccc1C#N. The Morgan fingerprint density at radius 2 is 1.64 bits per heavy atom. The van der Waals surface area contributed by atoms with Gasteiger partial charge in [-0.1, -0.05) is 48.5 Å². The first kappa shape index (κ1) is 26.2. The van der Waals surface area contributed by atoms with E-state index in [1.807, 2.05) is 48.3 Å². The Morgan fingerprint density at radius 1 is 0.972 bits per heavy atom. The summed E-state index contributed by atoms with van der Waals surface area (Å²) in [5.74, 6) is -2.37. The number of nitrogens with one attached hydrogen (secondary N) is 1. The molecule has 2 aromatic carbocycles. The van der Waals surface area contributed by atoms with Gasteiger partial charge in [-0.05, 0) is 38.1 Å². The third kappa shape index (κ3) is 5.99. The number of rotatable bonds is 9. The van der Waals surface area contributed by atoms with E-state index >= 15 is 0 Å². The van der Waals surface area contributed by atoms with Crippen LogP contribution in [0.25, 0.3) is 0 Å². The maximum atomic E-state index is 13.4. The fraction of sp³-hybridized carbons (Fsp3) is 0.286. The van der Waals surface area contributed by atoms with Crippen molar-refractivity contribution in [3.05, 3.63) is 93.8 Å². The van der Waals surface area contributed by atoms with Crippen LogP contribution in [0.1, 0.15) is 36.5 Å². The third-order valence-corrected chi connectivity index (χ3v) is 5.78. The zero-order chi connectivity index (χ0) is 26.1. The monoisotopic (exact) mass is 484 g/mol. The highest BCUT2D eigenvalue weighted by Crippen LogP contribution is 2.40. The fourth-order valence-corrected chi connectivity index (χ4v) is 4.12. The molecule has 0 fully saturated rings. The molecule has 3 rings (SSSR count). The molecule has 1 aliphatic heterocycles. The standard InChI is InChI=1S/C28H28N4O4/c1-4-35-28(34)26-23(17-30)31-19(2)24(25(26)22-13-9-8-12-21(22)16-29)27(33)36-15-14-32(3)18-20-10-6-5-7-11-20/h5-13,25,31H,4,14-15,18H2,1-3H3. The first-order valence-corrected chi connectivity index (χ1v) is 11.6. The number of allylic oxidation sites excluding steroid dienone is 2. The van der Waals surface area contributed by atoms with Crippen molar-refractivity contribution in [1.29, 1.82) is 10.5 Å². The molecule has 0 aromatic heterocycles. The number of esters is 2. The highest BCUT2D eigenvalue weighted by molar-refractivity contribution is 6.00. The Labute approximate surface area is 211 Å². The molecule has 0 saturated carbocycles. The van der Waals surface area contributed by atoms with Gasteiger partial charge in [0.05, 0.1) is 35.3 Å². The van der Waals surface area contributed by atoms with Gasteiger partial charge in [-0.3, -0.25) is 4.90 Å². The van der Waals surface area contributed by atoms with E-state index in [1.54, 1.807) is 38.1 Å². The second-order valence-corrected chi connectivity index (χ2v) is 8.28. The molecule has 1 N–H and O–H groups in total. The first-order valence-electron chi connectivity index (χ1n) is 11.6. The van der Waals surface area contributed by atoms with Crippen LogP contribution in [0.3, 0.4) is 0 Å². The summed E-state index contributed by atoms with van der Waals surface area (Å²) in [4.78, 5) is 28.4. The quantitative estimate of drug-likeness (QED) is 0.538. The Hall–Kier alpha value is -4.40. The van der Waals surface area contributed by atoms with Crippen molar-refractivity contribution in [2.75, 3.05) is 26.8 Å². The Kier molecular flexibility index (Phi) is 8.99. The normalized spacial score (nSPS) is 15.1. The molecule has 1 aliphatic rings. The molecular formula is C28H28N4O4. The second kappa shape index (κ2) is 12.3. The molecule has 0 bridgehead atoms. The molecule has 0 radical (unpaired) electrons. The number of nitrogens with zero attached hydrogens (tertiary/aromatic N) is 3. The minimum Gasteiger partial charge on any atom is -0.463 e. The summed E-state index contributed by atoms with van der Waals surface area (Å²) in [5.41, 5.74) is 2.32. The Morgan fingerprint density at radius 3 is 2.31 bits per heavy atom. The zero-order valence-electron chi connectivity index (χ0n) is 20.6. The lowest BCUT2D eigenvalue weighted by molar-refractivity contribution is -0.140. The van der Waals surface area contributed by atoms with Gasteiger partial charge in [0.1, 0.15) is 18.4 Å². The average molecular weight is 485 g/mol. The second-order valence-electron chi connectivity index (χ2n) is 8.28. The lowest BCUT2D eigenvalue weighted by Gasteiger charge is -2.30. The van der Waals surface area contributed by atoms with Gasteiger partial charge < -0.3 is 14.8 Å². The topological polar surface area (TPSA) is 115 Å². The smallest absolute Gasteiger partial charge is 0.337 e. The molecule has 0 aliphatic carbocycles. The Balaban J connectivity index is 1.89. The van der Waals surface area contributed by atoms with Crippen LogP contribution in [0.15, 0.2) is 77.1 Å². The van der Waals surface area contributed by atoms with Crippen LogP contribution < -0.4 is 5.32 Å². The van der Waals surface area contributed by atoms with E-state index in [0.717, 1.165) is 5.56 Å². The van der Waals surface area contributed by atoms with E-state index < -0.39 is 17.9 Å². The summed E-state index contributed by atoms with van der Waals surface area (Å²) in [6.45, 7) is 4.69. The van der Waals surface area contributed by atoms with Crippen LogP contribution in [0.2, 0.25) is 0 Å². The van der Waals surface area contributed by atoms with E-state index in [9.17, 15) is 20.1 Å². The molecule has 36 heavy (non-hydrogen) atoms. The van der Waals surface area contributed by atoms with Crippen LogP contribution in [-0.4, -0.2) is 43.6 Å². The molecule has 2 aromatic rings. The molecular weight excluding hydrogens is 456 g/mol. The molecule has 1 atom stereocenters. The predicted octanol–water partition coefficient (Wildman–Crippen LogP) is 3.54. The molecule has 0 spiro atoms. The fourth-order valence-electron chi connectivity index (χ4n) is 4.12. The number of carbonyl (C=O) groups is 2. The summed E-state index contributed by atoms with van der Waals surface area (Å²) in [7, 11) is 1.93. The molecule has 1 unspecified atom stereocenters. The first-order chi connectivity index (χ1) is 17.4. The number of benzene rings is 2. The Bertz CT molecular complexity index is 1270. The van der Waals surface area contributed by atoms with Crippen molar-refractivity contribution < 1.29 is 19.1 Å². The van der Waals surface area contributed by atoms with E-state index in [4.69, 9.17) is 9.47 Å². The van der Waals surface area contributed by atoms with Crippen LogP contribution in [0.5, 0.6) is 0 Å². The van der Waals surface area contributed by atoms with E-state index in [1.165, 1.54) is 0 Å². The zero-order valence-corrected chi connectivity index (χ0v) is 20.6. The molecule has 8 heteroatoms. The summed E-state index contributed by atoms with van der Waals surface area (Å²) in [6, 6.07) is 20.7. The molecule has 1 heterocycles. The van der Waals surface area contributed by atoms with E-state index in [0.29, 0.717) is 24.4 Å². The van der Waals surface area contributed by atoms with Gasteiger partial charge in [-0.15, -0.1) is 0 Å². The summed E-state index contributed by atoms with van der Waals surface area (Å²) in [5, 5.41) is 22.3. The summed E-state index contributed by atoms with van der Waals surface area (Å²) < 4.78 is 10.8. The molecule has 184 valence electrons. The minimum absolute atomic E-state index is 0.0252. The van der Waals surface area contributed by atoms with Gasteiger partial charge in [0.15, 0.2) is 0 Å². The third-order valence-electron chi connectivity index (χ3n) is 5.78. The lowest BCUT2D eigenvalue weighted by atomic mass is 9.78. The molecule has 0 amide bonds. The largest absolute Gasteiger partial charge is 0.463 e. The molecule has 8 nitrogen and oxygen atoms in total. The minimum atomic E-state index is -0.995. The van der Waals surface area contributed by atoms with E-state index in [2.05, 4.69) is 11.4 Å². The van der Waals surface area contributed by atoms with Gasteiger partial charge >= 0.3 is 11.9 Å². The van der Waals surface area contributed by atoms with E-state index in [-0.39, 0.29) is 35.6 Å². The van der Waals surface area contributed by atoms with Gasteiger partial charge in [0.25, 0.3) is 0 Å². The van der Waals surface area contributed by atoms with Crippen molar-refractivity contribution in [2.24, 2.45) is 0 Å². The summed E-state index contributed by atoms with van der Waals surface area (Å²) in [6.07, 6.45) is 0. The number of nitriles is 2. The number of ether oxygens (including phenoxy) is 2. The van der Waals surface area contributed by atoms with Crippen LogP contribution in [-0.2, 0) is 25.6 Å². The number of dihydropyridines is 1. The van der Waals surface area contributed by atoms with Crippen LogP contribution in [0.4, 0.5) is 0 Å². The maximum absolute atomic E-state index is 13.4. The van der Waals surface area contributed by atoms with Crippen molar-refractivity contribution >= 4 is 11.9 Å².